The van der Waals surface area contributed by atoms with Gasteiger partial charge in [0.15, 0.2) is 0 Å². The molecule has 9 heteroatoms. The summed E-state index contributed by atoms with van der Waals surface area (Å²) in [6.45, 7) is -1.19. The molecule has 1 atom stereocenters. The highest BCUT2D eigenvalue weighted by Gasteiger charge is 2.32. The first-order valence-electron chi connectivity index (χ1n) is 6.69. The zero-order valence-electron chi connectivity index (χ0n) is 12.0. The van der Waals surface area contributed by atoms with Gasteiger partial charge in [-0.1, -0.05) is 12.1 Å². The van der Waals surface area contributed by atoms with Crippen LogP contribution in [0.5, 0.6) is 5.75 Å². The second kappa shape index (κ2) is 5.67. The molecule has 1 aliphatic rings. The Kier molecular flexibility index (Phi) is 3.68. The Hall–Kier alpha value is -2.97. The smallest absolute Gasteiger partial charge is 0.387 e. The summed E-state index contributed by atoms with van der Waals surface area (Å²) in [5.74, 6) is -0.114. The second-order valence-electron chi connectivity index (χ2n) is 4.91. The number of nitrogens with two attached hydrogens (primary N) is 1. The summed E-state index contributed by atoms with van der Waals surface area (Å²) in [6, 6.07) is 5.36. The van der Waals surface area contributed by atoms with Crippen molar-refractivity contribution in [2.75, 3.05) is 5.32 Å². The average Bonchev–Trinajstić information content (AvgIpc) is 2.93. The number of alkyl halides is 2. The number of nitrogens with zero attached hydrogens (tertiary/aromatic N) is 3. The summed E-state index contributed by atoms with van der Waals surface area (Å²) < 4.78 is 30.3. The fraction of sp³-hybridized carbons (Fsp3) is 0.214. The van der Waals surface area contributed by atoms with Crippen molar-refractivity contribution in [3.63, 3.8) is 0 Å². The van der Waals surface area contributed by atoms with Crippen LogP contribution >= 0.6 is 0 Å². The molecule has 0 spiro atoms. The maximum Gasteiger partial charge on any atom is 0.387 e. The molecule has 1 aliphatic heterocycles. The number of fused-ring (bicyclic) bond motifs is 1. The number of allylic oxidation sites excluding steroid dienone is 1. The number of carbonyl (C=O) groups is 1. The van der Waals surface area contributed by atoms with E-state index in [0.29, 0.717) is 22.8 Å². The molecule has 23 heavy (non-hydrogen) atoms. The number of aromatic nitrogens is 3. The molecule has 1 amide bonds. The monoisotopic (exact) mass is 321 g/mol. The van der Waals surface area contributed by atoms with Gasteiger partial charge in [0.05, 0.1) is 5.57 Å². The summed E-state index contributed by atoms with van der Waals surface area (Å²) >= 11 is 0. The predicted molar refractivity (Wildman–Crippen MR) is 76.8 cm³/mol. The summed E-state index contributed by atoms with van der Waals surface area (Å²) in [5, 5.41) is 7.06. The quantitative estimate of drug-likeness (QED) is 0.893. The largest absolute Gasteiger partial charge is 0.435 e. The Labute approximate surface area is 129 Å². The third kappa shape index (κ3) is 2.72. The Morgan fingerprint density at radius 3 is 2.70 bits per heavy atom. The van der Waals surface area contributed by atoms with E-state index in [-0.39, 0.29) is 5.75 Å². The molecule has 3 rings (SSSR count). The molecule has 1 aromatic carbocycles. The van der Waals surface area contributed by atoms with Crippen molar-refractivity contribution in [2.24, 2.45) is 5.73 Å². The highest BCUT2D eigenvalue weighted by atomic mass is 19.3. The number of benzene rings is 1. The lowest BCUT2D eigenvalue weighted by Crippen LogP contribution is -2.31. The number of anilines is 1. The highest BCUT2D eigenvalue weighted by molar-refractivity contribution is 5.95. The topological polar surface area (TPSA) is 95.1 Å². The van der Waals surface area contributed by atoms with Gasteiger partial charge in [0.2, 0.25) is 11.9 Å². The van der Waals surface area contributed by atoms with Gasteiger partial charge in [-0.3, -0.25) is 4.79 Å². The second-order valence-corrected chi connectivity index (χ2v) is 4.91. The van der Waals surface area contributed by atoms with Crippen molar-refractivity contribution in [1.29, 1.82) is 0 Å². The number of ether oxygens (including phenoxy) is 1. The first-order chi connectivity index (χ1) is 11.0. The van der Waals surface area contributed by atoms with E-state index in [9.17, 15) is 13.6 Å². The van der Waals surface area contributed by atoms with Gasteiger partial charge in [-0.2, -0.15) is 18.9 Å². The van der Waals surface area contributed by atoms with Crippen LogP contribution in [-0.4, -0.2) is 27.3 Å². The third-order valence-corrected chi connectivity index (χ3v) is 3.48. The number of hydrogen-bond acceptors (Lipinski definition) is 5. The van der Waals surface area contributed by atoms with Gasteiger partial charge in [0, 0.05) is 5.70 Å². The molecule has 0 bridgehead atoms. The number of primary amides is 1. The number of hydrogen-bond donors (Lipinski definition) is 2. The molecule has 0 saturated carbocycles. The van der Waals surface area contributed by atoms with E-state index in [1.807, 2.05) is 0 Å². The Morgan fingerprint density at radius 1 is 1.39 bits per heavy atom. The first-order valence-corrected chi connectivity index (χ1v) is 6.69. The molecule has 120 valence electrons. The Bertz CT molecular complexity index is 770. The van der Waals surface area contributed by atoms with E-state index < -0.39 is 18.6 Å². The molecule has 1 aromatic heterocycles. The lowest BCUT2D eigenvalue weighted by atomic mass is 9.95. The molecule has 0 radical (unpaired) electrons. The highest BCUT2D eigenvalue weighted by Crippen LogP contribution is 2.34. The van der Waals surface area contributed by atoms with Crippen molar-refractivity contribution >= 4 is 11.9 Å². The van der Waals surface area contributed by atoms with E-state index >= 15 is 0 Å². The van der Waals surface area contributed by atoms with E-state index in [0.717, 1.165) is 0 Å². The van der Waals surface area contributed by atoms with Crippen LogP contribution in [0.25, 0.3) is 0 Å². The molecule has 2 aromatic rings. The first kappa shape index (κ1) is 14.9. The molecule has 7 nitrogen and oxygen atoms in total. The minimum absolute atomic E-state index is 0.0258. The lowest BCUT2D eigenvalue weighted by Gasteiger charge is -2.27. The third-order valence-electron chi connectivity index (χ3n) is 3.48. The van der Waals surface area contributed by atoms with Crippen molar-refractivity contribution in [1.82, 2.24) is 14.8 Å². The van der Waals surface area contributed by atoms with E-state index in [2.05, 4.69) is 20.1 Å². The van der Waals surface area contributed by atoms with Crippen molar-refractivity contribution < 1.29 is 18.3 Å². The molecule has 2 heterocycles. The summed E-state index contributed by atoms with van der Waals surface area (Å²) in [5.41, 5.74) is 7.02. The van der Waals surface area contributed by atoms with Gasteiger partial charge in [0.25, 0.3) is 0 Å². The van der Waals surface area contributed by atoms with Gasteiger partial charge in [-0.25, -0.2) is 4.68 Å². The fourth-order valence-corrected chi connectivity index (χ4v) is 2.55. The van der Waals surface area contributed by atoms with Crippen molar-refractivity contribution in [3.05, 3.63) is 47.4 Å². The molecule has 0 aliphatic carbocycles. The standard InChI is InChI=1S/C14H13F2N5O2/c1-7-10(12(17)22)11(21-14(20-7)18-6-19-21)8-2-4-9(5-3-8)23-13(15)16/h2-6,11,13H,1H3,(H2,17,22)(H,18,19,20)/t11-/m0/s1. The van der Waals surface area contributed by atoms with Crippen LogP contribution in [0.1, 0.15) is 18.5 Å². The zero-order valence-corrected chi connectivity index (χ0v) is 12.0. The molecule has 0 unspecified atom stereocenters. The van der Waals surface area contributed by atoms with Gasteiger partial charge in [-0.15, -0.1) is 0 Å². The predicted octanol–water partition coefficient (Wildman–Crippen LogP) is 1.65. The van der Waals surface area contributed by atoms with Crippen LogP contribution < -0.4 is 15.8 Å². The van der Waals surface area contributed by atoms with E-state index in [1.54, 1.807) is 19.1 Å². The molecular weight excluding hydrogens is 308 g/mol. The molecule has 3 N–H and O–H groups in total. The molecule has 0 saturated heterocycles. The van der Waals surface area contributed by atoms with Gasteiger partial charge in [-0.05, 0) is 24.6 Å². The van der Waals surface area contributed by atoms with E-state index in [4.69, 9.17) is 5.73 Å². The van der Waals surface area contributed by atoms with Crippen LogP contribution in [0, 0.1) is 0 Å². The number of nitrogens with one attached hydrogen (secondary N) is 1. The van der Waals surface area contributed by atoms with Crippen LogP contribution in [0.4, 0.5) is 14.7 Å². The average molecular weight is 321 g/mol. The summed E-state index contributed by atoms with van der Waals surface area (Å²) in [7, 11) is 0. The lowest BCUT2D eigenvalue weighted by molar-refractivity contribution is -0.115. The molecule has 0 fully saturated rings. The fourth-order valence-electron chi connectivity index (χ4n) is 2.55. The summed E-state index contributed by atoms with van der Waals surface area (Å²) in [6.07, 6.45) is 1.35. The van der Waals surface area contributed by atoms with Crippen molar-refractivity contribution in [3.8, 4) is 5.75 Å². The number of halogens is 2. The maximum atomic E-state index is 12.2. The maximum absolute atomic E-state index is 12.2. The van der Waals surface area contributed by atoms with Crippen LogP contribution in [-0.2, 0) is 4.79 Å². The Balaban J connectivity index is 2.04. The summed E-state index contributed by atoms with van der Waals surface area (Å²) in [4.78, 5) is 15.9. The minimum atomic E-state index is -2.90. The number of carbonyl (C=O) groups excluding carboxylic acids is 1. The van der Waals surface area contributed by atoms with Crippen LogP contribution in [0.2, 0.25) is 0 Å². The number of amides is 1. The Morgan fingerprint density at radius 2 is 2.09 bits per heavy atom. The number of rotatable bonds is 4. The van der Waals surface area contributed by atoms with Gasteiger partial charge >= 0.3 is 6.61 Å². The molecular formula is C14H13F2N5O2. The zero-order chi connectivity index (χ0) is 16.6. The van der Waals surface area contributed by atoms with Crippen molar-refractivity contribution in [2.45, 2.75) is 19.6 Å². The van der Waals surface area contributed by atoms with Crippen LogP contribution in [0.3, 0.4) is 0 Å². The SMILES string of the molecule is CC1=C(C(N)=O)[C@H](c2ccc(OC(F)F)cc2)n2ncnc2N1. The minimum Gasteiger partial charge on any atom is -0.435 e. The normalized spacial score (nSPS) is 17.0. The van der Waals surface area contributed by atoms with Gasteiger partial charge < -0.3 is 15.8 Å². The van der Waals surface area contributed by atoms with E-state index in [1.165, 1.54) is 23.1 Å². The van der Waals surface area contributed by atoms with Crippen LogP contribution in [0.15, 0.2) is 41.9 Å². The van der Waals surface area contributed by atoms with Gasteiger partial charge in [0.1, 0.15) is 18.1 Å².